The second-order valence-corrected chi connectivity index (χ2v) is 10.3. The molecule has 0 bridgehead atoms. The molecule has 2 aliphatic rings. The Kier molecular flexibility index (Phi) is 7.87. The van der Waals surface area contributed by atoms with Gasteiger partial charge in [-0.2, -0.15) is 0 Å². The van der Waals surface area contributed by atoms with Gasteiger partial charge in [-0.1, -0.05) is 68.7 Å². The van der Waals surface area contributed by atoms with E-state index in [1.54, 1.807) is 48.5 Å². The molecule has 1 heterocycles. The van der Waals surface area contributed by atoms with Gasteiger partial charge in [0.05, 0.1) is 23.3 Å². The highest BCUT2D eigenvalue weighted by molar-refractivity contribution is 6.21. The number of carbonyl (C=O) groups is 3. The molecule has 1 aliphatic heterocycles. The molecule has 5 rings (SSSR count). The van der Waals surface area contributed by atoms with Crippen molar-refractivity contribution in [3.05, 3.63) is 101 Å². The maximum atomic E-state index is 13.1. The fraction of sp³-hybridized carbons (Fsp3) is 0.344. The molecular formula is C32H33NO5. The molecule has 2 atom stereocenters. The van der Waals surface area contributed by atoms with Gasteiger partial charge in [-0.15, -0.1) is 0 Å². The minimum Gasteiger partial charge on any atom is -0.493 e. The van der Waals surface area contributed by atoms with Gasteiger partial charge in [-0.3, -0.25) is 14.5 Å². The first-order valence-corrected chi connectivity index (χ1v) is 13.5. The van der Waals surface area contributed by atoms with E-state index in [1.807, 2.05) is 37.3 Å². The zero-order chi connectivity index (χ0) is 26.5. The molecule has 3 aromatic carbocycles. The number of amides is 2. The lowest BCUT2D eigenvalue weighted by Crippen LogP contribution is -2.36. The standard InChI is InChI=1S/C32H33NO5/c1-22(20-33-30(34)27-17-8-9-18-28(27)31(33)35)29(38-32(36)24-13-6-3-7-14-24)25-15-10-16-26(19-25)37-21-23-11-4-2-5-12-23/h3,6-10,13-19,22-23,29H,2,4-5,11-12,20-21H2,1H3/t22-,29-/m0/s1. The van der Waals surface area contributed by atoms with Crippen molar-refractivity contribution in [1.82, 2.24) is 4.90 Å². The predicted molar refractivity (Wildman–Crippen MR) is 144 cm³/mol. The van der Waals surface area contributed by atoms with E-state index in [-0.39, 0.29) is 24.3 Å². The van der Waals surface area contributed by atoms with Gasteiger partial charge >= 0.3 is 5.97 Å². The largest absolute Gasteiger partial charge is 0.493 e. The number of fused-ring (bicyclic) bond motifs is 1. The third-order valence-electron chi connectivity index (χ3n) is 7.51. The first-order valence-electron chi connectivity index (χ1n) is 13.5. The molecule has 3 aromatic rings. The number of hydrogen-bond donors (Lipinski definition) is 0. The summed E-state index contributed by atoms with van der Waals surface area (Å²) in [6, 6.07) is 23.3. The van der Waals surface area contributed by atoms with Gasteiger partial charge in [-0.05, 0) is 60.7 Å². The minimum absolute atomic E-state index is 0.117. The summed E-state index contributed by atoms with van der Waals surface area (Å²) in [4.78, 5) is 40.4. The van der Waals surface area contributed by atoms with Gasteiger partial charge in [0.25, 0.3) is 11.8 Å². The van der Waals surface area contributed by atoms with Crippen molar-refractivity contribution >= 4 is 17.8 Å². The summed E-state index contributed by atoms with van der Waals surface area (Å²) in [5.74, 6) is -0.185. The summed E-state index contributed by atoms with van der Waals surface area (Å²) in [5, 5.41) is 0. The summed E-state index contributed by atoms with van der Waals surface area (Å²) in [6.07, 6.45) is 5.49. The first kappa shape index (κ1) is 25.7. The fourth-order valence-corrected chi connectivity index (χ4v) is 5.41. The molecule has 196 valence electrons. The van der Waals surface area contributed by atoms with Gasteiger partial charge in [0.1, 0.15) is 11.9 Å². The molecule has 0 radical (unpaired) electrons. The number of carbonyl (C=O) groups excluding carboxylic acids is 3. The van der Waals surface area contributed by atoms with Gasteiger partial charge in [0.15, 0.2) is 0 Å². The number of rotatable bonds is 9. The maximum Gasteiger partial charge on any atom is 0.338 e. The average Bonchev–Trinajstić information content (AvgIpc) is 3.20. The third-order valence-corrected chi connectivity index (χ3v) is 7.51. The Hall–Kier alpha value is -3.93. The number of benzene rings is 3. The Balaban J connectivity index is 1.37. The molecule has 0 aromatic heterocycles. The van der Waals surface area contributed by atoms with Gasteiger partial charge in [0.2, 0.25) is 0 Å². The lowest BCUT2D eigenvalue weighted by atomic mass is 9.90. The van der Waals surface area contributed by atoms with E-state index in [2.05, 4.69) is 0 Å². The van der Waals surface area contributed by atoms with Gasteiger partial charge in [0, 0.05) is 12.5 Å². The van der Waals surface area contributed by atoms with Crippen molar-refractivity contribution in [2.24, 2.45) is 11.8 Å². The second-order valence-electron chi connectivity index (χ2n) is 10.3. The third kappa shape index (κ3) is 5.64. The topological polar surface area (TPSA) is 72.9 Å². The predicted octanol–water partition coefficient (Wildman–Crippen LogP) is 6.48. The van der Waals surface area contributed by atoms with Crippen molar-refractivity contribution in [3.63, 3.8) is 0 Å². The number of esters is 1. The van der Waals surface area contributed by atoms with Crippen LogP contribution in [-0.2, 0) is 4.74 Å². The van der Waals surface area contributed by atoms with Crippen LogP contribution in [0.25, 0.3) is 0 Å². The van der Waals surface area contributed by atoms with Crippen LogP contribution >= 0.6 is 0 Å². The summed E-state index contributed by atoms with van der Waals surface area (Å²) < 4.78 is 12.2. The summed E-state index contributed by atoms with van der Waals surface area (Å²) in [7, 11) is 0. The average molecular weight is 512 g/mol. The molecule has 0 spiro atoms. The smallest absolute Gasteiger partial charge is 0.338 e. The van der Waals surface area contributed by atoms with Crippen molar-refractivity contribution in [2.45, 2.75) is 45.1 Å². The van der Waals surface area contributed by atoms with E-state index >= 15 is 0 Å². The minimum atomic E-state index is -0.690. The highest BCUT2D eigenvalue weighted by Gasteiger charge is 2.38. The summed E-state index contributed by atoms with van der Waals surface area (Å²) >= 11 is 0. The maximum absolute atomic E-state index is 13.1. The number of imide groups is 1. The van der Waals surface area contributed by atoms with Crippen LogP contribution in [0.5, 0.6) is 5.75 Å². The van der Waals surface area contributed by atoms with Crippen LogP contribution in [0.2, 0.25) is 0 Å². The molecule has 38 heavy (non-hydrogen) atoms. The number of nitrogens with zero attached hydrogens (tertiary/aromatic N) is 1. The Morgan fingerprint density at radius 3 is 2.21 bits per heavy atom. The monoisotopic (exact) mass is 511 g/mol. The van der Waals surface area contributed by atoms with E-state index in [1.165, 1.54) is 37.0 Å². The fourth-order valence-electron chi connectivity index (χ4n) is 5.41. The zero-order valence-electron chi connectivity index (χ0n) is 21.7. The van der Waals surface area contributed by atoms with Crippen LogP contribution in [0.1, 0.15) is 81.8 Å². The molecule has 1 saturated carbocycles. The summed E-state index contributed by atoms with van der Waals surface area (Å²) in [5.41, 5.74) is 2.01. The van der Waals surface area contributed by atoms with Crippen LogP contribution in [0.3, 0.4) is 0 Å². The Morgan fingerprint density at radius 1 is 0.868 bits per heavy atom. The van der Waals surface area contributed by atoms with Gasteiger partial charge < -0.3 is 9.47 Å². The molecular weight excluding hydrogens is 478 g/mol. The lowest BCUT2D eigenvalue weighted by molar-refractivity contribution is 0.0110. The quantitative estimate of drug-likeness (QED) is 0.243. The van der Waals surface area contributed by atoms with E-state index < -0.39 is 12.1 Å². The Labute approximate surface area is 223 Å². The highest BCUT2D eigenvalue weighted by Crippen LogP contribution is 2.33. The van der Waals surface area contributed by atoms with Crippen LogP contribution < -0.4 is 4.74 Å². The first-order chi connectivity index (χ1) is 18.5. The lowest BCUT2D eigenvalue weighted by Gasteiger charge is -2.28. The molecule has 1 aliphatic carbocycles. The van der Waals surface area contributed by atoms with Crippen molar-refractivity contribution in [3.8, 4) is 5.75 Å². The molecule has 0 saturated heterocycles. The van der Waals surface area contributed by atoms with Crippen molar-refractivity contribution < 1.29 is 23.9 Å². The molecule has 0 unspecified atom stereocenters. The zero-order valence-corrected chi connectivity index (χ0v) is 21.7. The van der Waals surface area contributed by atoms with Crippen LogP contribution in [0.15, 0.2) is 78.9 Å². The van der Waals surface area contributed by atoms with E-state index in [9.17, 15) is 14.4 Å². The highest BCUT2D eigenvalue weighted by atomic mass is 16.5. The van der Waals surface area contributed by atoms with Crippen molar-refractivity contribution in [1.29, 1.82) is 0 Å². The number of ether oxygens (including phenoxy) is 2. The van der Waals surface area contributed by atoms with Gasteiger partial charge in [-0.25, -0.2) is 4.79 Å². The molecule has 0 N–H and O–H groups in total. The SMILES string of the molecule is C[C@@H](CN1C(=O)c2ccccc2C1=O)[C@H](OC(=O)c1ccccc1)c1cccc(OCC2CCCCC2)c1. The summed E-state index contributed by atoms with van der Waals surface area (Å²) in [6.45, 7) is 2.68. The van der Waals surface area contributed by atoms with Crippen LogP contribution in [0, 0.1) is 11.8 Å². The van der Waals surface area contributed by atoms with E-state index in [0.29, 0.717) is 29.2 Å². The Morgan fingerprint density at radius 2 is 1.53 bits per heavy atom. The molecule has 1 fully saturated rings. The van der Waals surface area contributed by atoms with Crippen molar-refractivity contribution in [2.75, 3.05) is 13.2 Å². The van der Waals surface area contributed by atoms with E-state index in [4.69, 9.17) is 9.47 Å². The molecule has 6 heteroatoms. The van der Waals surface area contributed by atoms with Crippen LogP contribution in [0.4, 0.5) is 0 Å². The normalized spacial score (nSPS) is 17.1. The number of hydrogen-bond acceptors (Lipinski definition) is 5. The molecule has 6 nitrogen and oxygen atoms in total. The Bertz CT molecular complexity index is 1260. The second kappa shape index (κ2) is 11.6. The molecule has 2 amide bonds. The van der Waals surface area contributed by atoms with Crippen LogP contribution in [-0.4, -0.2) is 35.8 Å². The van der Waals surface area contributed by atoms with E-state index in [0.717, 1.165) is 11.3 Å².